The lowest BCUT2D eigenvalue weighted by Crippen LogP contribution is -2.23. The fraction of sp³-hybridized carbons (Fsp3) is 0.261. The Morgan fingerprint density at radius 2 is 1.90 bits per heavy atom. The summed E-state index contributed by atoms with van der Waals surface area (Å²) in [5.41, 5.74) is 4.45. The molecule has 3 rings (SSSR count). The van der Waals surface area contributed by atoms with E-state index in [9.17, 15) is 9.59 Å². The van der Waals surface area contributed by atoms with Crippen LogP contribution in [0.4, 0.5) is 0 Å². The Bertz CT molecular complexity index is 956. The Balaban J connectivity index is 1.55. The van der Waals surface area contributed by atoms with E-state index in [2.05, 4.69) is 45.5 Å². The second-order valence-electron chi connectivity index (χ2n) is 6.71. The number of thioether (sulfide) groups is 1. The summed E-state index contributed by atoms with van der Waals surface area (Å²) in [6.45, 7) is 1.20. The molecule has 0 saturated carbocycles. The zero-order chi connectivity index (χ0) is 21.2. The number of methoxy groups -OCH3 is 1. The predicted molar refractivity (Wildman–Crippen MR) is 119 cm³/mol. The van der Waals surface area contributed by atoms with Gasteiger partial charge >= 0.3 is 5.97 Å². The van der Waals surface area contributed by atoms with Crippen LogP contribution in [0.2, 0.25) is 0 Å². The standard InChI is InChI=1S/C23H25N3O3S/c1-29-23(28)17-30-14-11-22(27)24-15-20-5-2-3-6-21(20)19-9-7-18(8-10-19)16-26-13-4-12-25-26/h2-10,12-13H,11,14-17H2,1H3,(H,24,27). The van der Waals surface area contributed by atoms with E-state index >= 15 is 0 Å². The maximum atomic E-state index is 12.1. The summed E-state index contributed by atoms with van der Waals surface area (Å²) in [5.74, 6) is 0.547. The van der Waals surface area contributed by atoms with Gasteiger partial charge in [-0.1, -0.05) is 48.5 Å². The van der Waals surface area contributed by atoms with Crippen molar-refractivity contribution in [2.75, 3.05) is 18.6 Å². The van der Waals surface area contributed by atoms with Gasteiger partial charge in [-0.3, -0.25) is 14.3 Å². The molecule has 0 aliphatic rings. The third-order valence-corrected chi connectivity index (χ3v) is 5.52. The van der Waals surface area contributed by atoms with Crippen molar-refractivity contribution in [3.05, 3.63) is 78.1 Å². The van der Waals surface area contributed by atoms with Crippen molar-refractivity contribution in [3.63, 3.8) is 0 Å². The van der Waals surface area contributed by atoms with Gasteiger partial charge in [0.05, 0.1) is 19.4 Å². The summed E-state index contributed by atoms with van der Waals surface area (Å²) < 4.78 is 6.48. The summed E-state index contributed by atoms with van der Waals surface area (Å²) in [7, 11) is 1.36. The zero-order valence-corrected chi connectivity index (χ0v) is 17.7. The SMILES string of the molecule is COC(=O)CSCCC(=O)NCc1ccccc1-c1ccc(Cn2cccn2)cc1. The maximum absolute atomic E-state index is 12.1. The first kappa shape index (κ1) is 21.6. The van der Waals surface area contributed by atoms with Crippen molar-refractivity contribution in [1.82, 2.24) is 15.1 Å². The lowest BCUT2D eigenvalue weighted by molar-refractivity contribution is -0.137. The second kappa shape index (κ2) is 11.2. The summed E-state index contributed by atoms with van der Waals surface area (Å²) >= 11 is 1.40. The number of esters is 1. The van der Waals surface area contributed by atoms with E-state index in [0.717, 1.165) is 23.2 Å². The number of benzene rings is 2. The molecular weight excluding hydrogens is 398 g/mol. The summed E-state index contributed by atoms with van der Waals surface area (Å²) in [6, 6.07) is 18.4. The highest BCUT2D eigenvalue weighted by Crippen LogP contribution is 2.24. The van der Waals surface area contributed by atoms with E-state index in [1.807, 2.05) is 35.1 Å². The van der Waals surface area contributed by atoms with Crippen LogP contribution in [0.25, 0.3) is 11.1 Å². The van der Waals surface area contributed by atoms with Gasteiger partial charge in [0.15, 0.2) is 0 Å². The average Bonchev–Trinajstić information content (AvgIpc) is 3.29. The fourth-order valence-electron chi connectivity index (χ4n) is 2.99. The quantitative estimate of drug-likeness (QED) is 0.399. The van der Waals surface area contributed by atoms with Crippen LogP contribution in [0.15, 0.2) is 67.0 Å². The molecular formula is C23H25N3O3S. The Hall–Kier alpha value is -3.06. The van der Waals surface area contributed by atoms with E-state index in [-0.39, 0.29) is 17.6 Å². The Kier molecular flexibility index (Phi) is 8.09. The van der Waals surface area contributed by atoms with Gasteiger partial charge in [-0.15, -0.1) is 11.8 Å². The summed E-state index contributed by atoms with van der Waals surface area (Å²) in [5, 5.41) is 7.21. The van der Waals surface area contributed by atoms with Gasteiger partial charge in [0, 0.05) is 31.1 Å². The van der Waals surface area contributed by atoms with Crippen LogP contribution in [0.1, 0.15) is 17.5 Å². The van der Waals surface area contributed by atoms with E-state index < -0.39 is 0 Å². The number of ether oxygens (including phenoxy) is 1. The van der Waals surface area contributed by atoms with Crippen molar-refractivity contribution >= 4 is 23.6 Å². The fourth-order valence-corrected chi connectivity index (χ4v) is 3.75. The van der Waals surface area contributed by atoms with Gasteiger partial charge in [0.25, 0.3) is 0 Å². The molecule has 0 aliphatic heterocycles. The van der Waals surface area contributed by atoms with Gasteiger partial charge in [-0.25, -0.2) is 0 Å². The van der Waals surface area contributed by atoms with Crippen LogP contribution >= 0.6 is 11.8 Å². The number of nitrogens with one attached hydrogen (secondary N) is 1. The summed E-state index contributed by atoms with van der Waals surface area (Å²) in [6.07, 6.45) is 4.09. The number of nitrogens with zero attached hydrogens (tertiary/aromatic N) is 2. The normalized spacial score (nSPS) is 10.6. The molecule has 0 radical (unpaired) electrons. The van der Waals surface area contributed by atoms with Crippen molar-refractivity contribution < 1.29 is 14.3 Å². The third kappa shape index (κ3) is 6.49. The van der Waals surface area contributed by atoms with Crippen LogP contribution < -0.4 is 5.32 Å². The van der Waals surface area contributed by atoms with Gasteiger partial charge in [0.2, 0.25) is 5.91 Å². The molecule has 0 aliphatic carbocycles. The minimum atomic E-state index is -0.273. The highest BCUT2D eigenvalue weighted by Gasteiger charge is 2.08. The van der Waals surface area contributed by atoms with Crippen LogP contribution in [-0.4, -0.2) is 40.3 Å². The van der Waals surface area contributed by atoms with Gasteiger partial charge < -0.3 is 10.1 Å². The number of hydrogen-bond acceptors (Lipinski definition) is 5. The monoisotopic (exact) mass is 423 g/mol. The van der Waals surface area contributed by atoms with Crippen molar-refractivity contribution in [3.8, 4) is 11.1 Å². The Morgan fingerprint density at radius 3 is 2.63 bits per heavy atom. The molecule has 3 aromatic rings. The van der Waals surface area contributed by atoms with E-state index in [1.54, 1.807) is 6.20 Å². The first-order valence-corrected chi connectivity index (χ1v) is 10.9. The first-order chi connectivity index (χ1) is 14.7. The topological polar surface area (TPSA) is 73.2 Å². The van der Waals surface area contributed by atoms with Gasteiger partial charge in [-0.2, -0.15) is 5.10 Å². The molecule has 1 amide bonds. The van der Waals surface area contributed by atoms with Crippen molar-refractivity contribution in [2.45, 2.75) is 19.5 Å². The van der Waals surface area contributed by atoms with Gasteiger partial charge in [0.1, 0.15) is 0 Å². The molecule has 0 unspecified atom stereocenters. The molecule has 1 heterocycles. The van der Waals surface area contributed by atoms with Gasteiger partial charge in [-0.05, 0) is 28.3 Å². The molecule has 0 atom stereocenters. The molecule has 0 saturated heterocycles. The van der Waals surface area contributed by atoms with Crippen LogP contribution in [-0.2, 0) is 27.4 Å². The minimum absolute atomic E-state index is 0.0308. The third-order valence-electron chi connectivity index (χ3n) is 4.58. The number of aromatic nitrogens is 2. The zero-order valence-electron chi connectivity index (χ0n) is 16.9. The lowest BCUT2D eigenvalue weighted by Gasteiger charge is -2.12. The molecule has 2 aromatic carbocycles. The average molecular weight is 424 g/mol. The molecule has 0 spiro atoms. The molecule has 30 heavy (non-hydrogen) atoms. The van der Waals surface area contributed by atoms with E-state index in [1.165, 1.54) is 24.4 Å². The van der Waals surface area contributed by atoms with Crippen LogP contribution in [0.5, 0.6) is 0 Å². The predicted octanol–water partition coefficient (Wildman–Crippen LogP) is 3.51. The highest BCUT2D eigenvalue weighted by molar-refractivity contribution is 7.99. The highest BCUT2D eigenvalue weighted by atomic mass is 32.2. The molecule has 0 bridgehead atoms. The number of carbonyl (C=O) groups excluding carboxylic acids is 2. The van der Waals surface area contributed by atoms with E-state index in [0.29, 0.717) is 18.7 Å². The molecule has 6 nitrogen and oxygen atoms in total. The minimum Gasteiger partial charge on any atom is -0.468 e. The summed E-state index contributed by atoms with van der Waals surface area (Å²) in [4.78, 5) is 23.2. The molecule has 156 valence electrons. The Labute approximate surface area is 180 Å². The lowest BCUT2D eigenvalue weighted by atomic mass is 9.98. The number of carbonyl (C=O) groups is 2. The van der Waals surface area contributed by atoms with E-state index in [4.69, 9.17) is 0 Å². The number of hydrogen-bond donors (Lipinski definition) is 1. The maximum Gasteiger partial charge on any atom is 0.315 e. The molecule has 1 aromatic heterocycles. The van der Waals surface area contributed by atoms with Crippen LogP contribution in [0.3, 0.4) is 0 Å². The van der Waals surface area contributed by atoms with Crippen molar-refractivity contribution in [1.29, 1.82) is 0 Å². The van der Waals surface area contributed by atoms with Crippen molar-refractivity contribution in [2.24, 2.45) is 0 Å². The number of rotatable bonds is 10. The Morgan fingerprint density at radius 1 is 1.10 bits per heavy atom. The molecule has 7 heteroatoms. The smallest absolute Gasteiger partial charge is 0.315 e. The van der Waals surface area contributed by atoms with Crippen LogP contribution in [0, 0.1) is 0 Å². The largest absolute Gasteiger partial charge is 0.468 e. The second-order valence-corrected chi connectivity index (χ2v) is 7.82. The number of amides is 1. The molecule has 1 N–H and O–H groups in total. The molecule has 0 fully saturated rings. The first-order valence-electron chi connectivity index (χ1n) is 9.71.